The van der Waals surface area contributed by atoms with E-state index in [1.165, 1.54) is 14.2 Å². The molecule has 0 aliphatic carbocycles. The molecule has 1 aromatic rings. The van der Waals surface area contributed by atoms with Crippen LogP contribution in [-0.2, 0) is 49.9 Å². The van der Waals surface area contributed by atoms with Crippen LogP contribution in [0.15, 0.2) is 24.3 Å². The zero-order valence-electron chi connectivity index (χ0n) is 36.9. The lowest BCUT2D eigenvalue weighted by molar-refractivity contribution is -0.148. The fraction of sp³-hybridized carbons (Fsp3) is 0.732. The highest BCUT2D eigenvalue weighted by Crippen LogP contribution is 2.30. The van der Waals surface area contributed by atoms with E-state index in [0.717, 1.165) is 6.26 Å². The highest BCUT2D eigenvalue weighted by Gasteiger charge is 2.43. The van der Waals surface area contributed by atoms with Crippen molar-refractivity contribution in [2.75, 3.05) is 53.9 Å². The largest absolute Gasteiger partial charge is 0.399 e. The number of likely N-dealkylation sites (N-methyl/N-ethyl adjacent to an activating group) is 2. The molecule has 0 bridgehead atoms. The summed E-state index contributed by atoms with van der Waals surface area (Å²) in [6.45, 7) is 13.8. The van der Waals surface area contributed by atoms with Gasteiger partial charge in [-0.25, -0.2) is 8.42 Å². The van der Waals surface area contributed by atoms with Gasteiger partial charge in [-0.15, -0.1) is 0 Å². The average molecular weight is 838 g/mol. The van der Waals surface area contributed by atoms with Gasteiger partial charge in [0.15, 0.2) is 0 Å². The molecule has 1 aliphatic rings. The van der Waals surface area contributed by atoms with E-state index < -0.39 is 70.2 Å². The van der Waals surface area contributed by atoms with Crippen molar-refractivity contribution in [3.05, 3.63) is 29.8 Å². The first-order valence-corrected chi connectivity index (χ1v) is 22.1. The number of anilines is 1. The minimum atomic E-state index is -3.92. The molecule has 9 atom stereocenters. The van der Waals surface area contributed by atoms with Crippen molar-refractivity contribution in [2.24, 2.45) is 23.7 Å². The Balaban J connectivity index is 2.33. The quantitative estimate of drug-likeness (QED) is 0.124. The van der Waals surface area contributed by atoms with E-state index in [2.05, 4.69) is 10.6 Å². The van der Waals surface area contributed by atoms with Crippen molar-refractivity contribution in [1.82, 2.24) is 30.1 Å². The van der Waals surface area contributed by atoms with Crippen LogP contribution in [0.1, 0.15) is 79.7 Å². The lowest BCUT2D eigenvalue weighted by atomic mass is 9.89. The van der Waals surface area contributed by atoms with Crippen LogP contribution in [0.4, 0.5) is 5.69 Å². The first-order valence-electron chi connectivity index (χ1n) is 20.2. The standard InChI is InChI=1S/C41H71N7O9S/c1-14-26(6)36(47(10)41(53)34(24(2)3)44-40(52)35(25(4)5)46(8)9)32(56-11)23-33(49)48-21-15-16-31(48)37(57-12)27(7)38(50)43-30(39(51)45-58(13,54)55)22-28-17-19-29(42)20-18-28/h17-20,24-27,30-32,34-37H,14-16,21-23,42H2,1-13H3,(H,43,50)(H,44,52)(H,45,51)/t26-,27+,30-,31-,32+,34-,35?,36-,37+/m0/s1. The molecule has 330 valence electrons. The van der Waals surface area contributed by atoms with Crippen LogP contribution in [0.2, 0.25) is 0 Å². The molecule has 2 rings (SSSR count). The number of hydrogen-bond donors (Lipinski definition) is 4. The van der Waals surface area contributed by atoms with E-state index in [-0.39, 0.29) is 48.3 Å². The zero-order chi connectivity index (χ0) is 44.2. The van der Waals surface area contributed by atoms with E-state index in [1.54, 1.807) is 48.0 Å². The Kier molecular flexibility index (Phi) is 19.6. The SMILES string of the molecule is CC[C@H](C)[C@@H]([C@@H](CC(=O)N1CCC[C@H]1[C@H](OC)[C@@H](C)C(=O)N[C@@H](Cc1ccc(N)cc1)C(=O)NS(C)(=O)=O)OC)N(C)C(=O)[C@@H](NC(=O)C(C(C)C)N(C)C)C(C)C. The summed E-state index contributed by atoms with van der Waals surface area (Å²) < 4.78 is 37.8. The number of sulfonamides is 1. The summed E-state index contributed by atoms with van der Waals surface area (Å²) in [6.07, 6.45) is 1.23. The Morgan fingerprint density at radius 1 is 0.897 bits per heavy atom. The van der Waals surface area contributed by atoms with Crippen molar-refractivity contribution in [1.29, 1.82) is 0 Å². The number of nitrogen functional groups attached to an aromatic ring is 1. The monoisotopic (exact) mass is 838 g/mol. The summed E-state index contributed by atoms with van der Waals surface area (Å²) in [5, 5.41) is 5.72. The van der Waals surface area contributed by atoms with E-state index in [1.807, 2.05) is 65.3 Å². The maximum absolute atomic E-state index is 14.3. The molecule has 0 radical (unpaired) electrons. The molecule has 1 unspecified atom stereocenters. The lowest BCUT2D eigenvalue weighted by Gasteiger charge is -2.41. The first kappa shape index (κ1) is 50.3. The summed E-state index contributed by atoms with van der Waals surface area (Å²) in [7, 11) is 4.42. The van der Waals surface area contributed by atoms with Crippen LogP contribution in [0.3, 0.4) is 0 Å². The molecule has 0 spiro atoms. The molecule has 1 aliphatic heterocycles. The average Bonchev–Trinajstić information content (AvgIpc) is 3.62. The maximum Gasteiger partial charge on any atom is 0.256 e. The number of benzene rings is 1. The molecule has 5 amide bonds. The molecule has 17 heteroatoms. The fourth-order valence-electron chi connectivity index (χ4n) is 8.07. The molecule has 0 saturated carbocycles. The van der Waals surface area contributed by atoms with Crippen molar-refractivity contribution in [3.63, 3.8) is 0 Å². The number of amides is 5. The molecule has 16 nitrogen and oxygen atoms in total. The van der Waals surface area contributed by atoms with Crippen LogP contribution in [0, 0.1) is 23.7 Å². The second-order valence-electron chi connectivity index (χ2n) is 16.7. The Bertz CT molecular complexity index is 1630. The summed E-state index contributed by atoms with van der Waals surface area (Å²) in [5.74, 6) is -3.33. The van der Waals surface area contributed by atoms with Gasteiger partial charge in [-0.3, -0.25) is 33.6 Å². The van der Waals surface area contributed by atoms with Gasteiger partial charge in [0.25, 0.3) is 5.91 Å². The van der Waals surface area contributed by atoms with Crippen LogP contribution < -0.4 is 21.1 Å². The topological polar surface area (TPSA) is 210 Å². The number of likely N-dealkylation sites (tertiary alicyclic amines) is 1. The van der Waals surface area contributed by atoms with Gasteiger partial charge in [-0.1, -0.05) is 67.0 Å². The van der Waals surface area contributed by atoms with Gasteiger partial charge in [0.2, 0.25) is 33.7 Å². The molecular formula is C41H71N7O9S. The zero-order valence-corrected chi connectivity index (χ0v) is 37.7. The maximum atomic E-state index is 14.3. The van der Waals surface area contributed by atoms with Crippen LogP contribution >= 0.6 is 0 Å². The smallest absolute Gasteiger partial charge is 0.256 e. The van der Waals surface area contributed by atoms with Crippen LogP contribution in [-0.4, -0.2) is 143 Å². The molecule has 1 saturated heterocycles. The van der Waals surface area contributed by atoms with Gasteiger partial charge in [-0.05, 0) is 62.4 Å². The third-order valence-corrected chi connectivity index (χ3v) is 11.9. The molecular weight excluding hydrogens is 767 g/mol. The number of methoxy groups -OCH3 is 2. The van der Waals surface area contributed by atoms with Crippen LogP contribution in [0.5, 0.6) is 0 Å². The number of rotatable bonds is 22. The molecule has 1 heterocycles. The van der Waals surface area contributed by atoms with Gasteiger partial charge in [0.1, 0.15) is 12.1 Å². The predicted octanol–water partition coefficient (Wildman–Crippen LogP) is 2.02. The first-order chi connectivity index (χ1) is 27.0. The highest BCUT2D eigenvalue weighted by molar-refractivity contribution is 7.89. The number of ether oxygens (including phenoxy) is 2. The Labute approximate surface area is 346 Å². The third kappa shape index (κ3) is 13.9. The molecule has 1 fully saturated rings. The Hall–Kier alpha value is -3.80. The predicted molar refractivity (Wildman–Crippen MR) is 225 cm³/mol. The van der Waals surface area contributed by atoms with E-state index >= 15 is 0 Å². The van der Waals surface area contributed by atoms with Crippen molar-refractivity contribution >= 4 is 45.2 Å². The van der Waals surface area contributed by atoms with Gasteiger partial charge in [-0.2, -0.15) is 0 Å². The Morgan fingerprint density at radius 3 is 1.98 bits per heavy atom. The number of carbonyl (C=O) groups excluding carboxylic acids is 5. The fourth-order valence-corrected chi connectivity index (χ4v) is 8.57. The highest BCUT2D eigenvalue weighted by atomic mass is 32.2. The van der Waals surface area contributed by atoms with Crippen molar-refractivity contribution < 1.29 is 41.9 Å². The summed E-state index contributed by atoms with van der Waals surface area (Å²) in [5.41, 5.74) is 6.96. The molecule has 5 N–H and O–H groups in total. The lowest BCUT2D eigenvalue weighted by Crippen LogP contribution is -2.59. The van der Waals surface area contributed by atoms with E-state index in [4.69, 9.17) is 15.2 Å². The second-order valence-corrected chi connectivity index (χ2v) is 18.5. The molecule has 1 aromatic carbocycles. The molecule has 0 aromatic heterocycles. The minimum absolute atomic E-state index is 0.00266. The van der Waals surface area contributed by atoms with Crippen molar-refractivity contribution in [3.8, 4) is 0 Å². The van der Waals surface area contributed by atoms with Crippen molar-refractivity contribution in [2.45, 2.75) is 123 Å². The third-order valence-electron chi connectivity index (χ3n) is 11.3. The normalized spacial score (nSPS) is 18.8. The number of nitrogens with zero attached hydrogens (tertiary/aromatic N) is 3. The summed E-state index contributed by atoms with van der Waals surface area (Å²) in [4.78, 5) is 74.0. The number of hydrogen-bond acceptors (Lipinski definition) is 11. The Morgan fingerprint density at radius 2 is 1.50 bits per heavy atom. The minimum Gasteiger partial charge on any atom is -0.399 e. The van der Waals surface area contributed by atoms with E-state index in [9.17, 15) is 32.4 Å². The number of carbonyl (C=O) groups is 5. The van der Waals surface area contributed by atoms with Gasteiger partial charge in [0, 0.05) is 39.9 Å². The number of nitrogens with one attached hydrogen (secondary N) is 3. The van der Waals surface area contributed by atoms with Gasteiger partial charge in [0.05, 0.1) is 48.9 Å². The van der Waals surface area contributed by atoms with E-state index in [0.29, 0.717) is 37.1 Å². The van der Waals surface area contributed by atoms with Crippen LogP contribution in [0.25, 0.3) is 0 Å². The van der Waals surface area contributed by atoms with Gasteiger partial charge < -0.3 is 35.6 Å². The summed E-state index contributed by atoms with van der Waals surface area (Å²) in [6, 6.07) is 3.18. The number of nitrogens with two attached hydrogens (primary N) is 1. The second kappa shape index (κ2) is 22.5. The van der Waals surface area contributed by atoms with Gasteiger partial charge >= 0.3 is 0 Å². The molecule has 58 heavy (non-hydrogen) atoms. The summed E-state index contributed by atoms with van der Waals surface area (Å²) >= 11 is 0.